The van der Waals surface area contributed by atoms with Gasteiger partial charge in [0.05, 0.1) is 17.9 Å². The summed E-state index contributed by atoms with van der Waals surface area (Å²) < 4.78 is 26.7. The second-order valence-electron chi connectivity index (χ2n) is 6.71. The van der Waals surface area contributed by atoms with Crippen molar-refractivity contribution in [1.29, 1.82) is 0 Å². The molecule has 1 aliphatic carbocycles. The monoisotopic (exact) mass is 405 g/mol. The number of carbonyl (C=O) groups is 2. The van der Waals surface area contributed by atoms with Gasteiger partial charge in [-0.2, -0.15) is 0 Å². The lowest BCUT2D eigenvalue weighted by molar-refractivity contribution is -0.119. The zero-order valence-corrected chi connectivity index (χ0v) is 16.5. The first-order valence-electron chi connectivity index (χ1n) is 8.64. The van der Waals surface area contributed by atoms with Crippen LogP contribution in [0, 0.1) is 5.92 Å². The van der Waals surface area contributed by atoms with Gasteiger partial charge in [-0.05, 0) is 42.7 Å². The van der Waals surface area contributed by atoms with E-state index in [4.69, 9.17) is 11.6 Å². The molecular formula is C20H20ClNO4S. The summed E-state index contributed by atoms with van der Waals surface area (Å²) in [6, 6.07) is 13.0. The minimum absolute atomic E-state index is 0.00696. The lowest BCUT2D eigenvalue weighted by Gasteiger charge is -2.22. The molecule has 2 aromatic carbocycles. The molecule has 0 aliphatic heterocycles. The van der Waals surface area contributed by atoms with E-state index >= 15 is 0 Å². The third-order valence-corrected chi connectivity index (χ3v) is 6.57. The highest BCUT2D eigenvalue weighted by atomic mass is 35.5. The third kappa shape index (κ3) is 4.76. The average molecular weight is 406 g/mol. The minimum atomic E-state index is -3.71. The lowest BCUT2D eigenvalue weighted by atomic mass is 10.0. The van der Waals surface area contributed by atoms with Gasteiger partial charge >= 0.3 is 0 Å². The molecule has 5 nitrogen and oxygen atoms in total. The number of nitrogens with zero attached hydrogens (tertiary/aromatic N) is 1. The Labute approximate surface area is 164 Å². The van der Waals surface area contributed by atoms with Gasteiger partial charge in [0.2, 0.25) is 10.0 Å². The molecule has 0 heterocycles. The highest BCUT2D eigenvalue weighted by Gasteiger charge is 2.32. The van der Waals surface area contributed by atoms with E-state index in [1.165, 1.54) is 7.05 Å². The van der Waals surface area contributed by atoms with E-state index in [1.54, 1.807) is 48.5 Å². The van der Waals surface area contributed by atoms with E-state index in [0.29, 0.717) is 10.6 Å². The molecule has 0 aromatic heterocycles. The first kappa shape index (κ1) is 19.6. The van der Waals surface area contributed by atoms with Crippen LogP contribution >= 0.6 is 11.6 Å². The number of rotatable bonds is 8. The van der Waals surface area contributed by atoms with Gasteiger partial charge in [-0.1, -0.05) is 35.9 Å². The molecule has 0 unspecified atom stereocenters. The molecule has 0 atom stereocenters. The molecule has 2 aromatic rings. The Balaban J connectivity index is 1.83. The van der Waals surface area contributed by atoms with Gasteiger partial charge in [-0.3, -0.25) is 13.9 Å². The molecule has 1 fully saturated rings. The van der Waals surface area contributed by atoms with Crippen LogP contribution in [0.2, 0.25) is 5.02 Å². The Hall–Kier alpha value is -2.18. The molecule has 142 valence electrons. The van der Waals surface area contributed by atoms with Crippen molar-refractivity contribution >= 4 is 38.9 Å². The third-order valence-electron chi connectivity index (χ3n) is 4.59. The standard InChI is InChI=1S/C20H20ClNO4S/c1-22(27(25,26)13-14-6-10-16(21)11-7-14)18-5-3-2-4-17(18)20(24)12-19(23)15-8-9-15/h2-7,10-11,15H,8-9,12-13H2,1H3. The highest BCUT2D eigenvalue weighted by molar-refractivity contribution is 7.92. The summed E-state index contributed by atoms with van der Waals surface area (Å²) in [4.78, 5) is 24.6. The predicted octanol–water partition coefficient (Wildman–Crippen LogP) is 3.86. The number of sulfonamides is 1. The molecular weight excluding hydrogens is 386 g/mol. The predicted molar refractivity (Wildman–Crippen MR) is 106 cm³/mol. The first-order chi connectivity index (χ1) is 12.8. The number of halogens is 1. The summed E-state index contributed by atoms with van der Waals surface area (Å²) in [7, 11) is -2.30. The largest absolute Gasteiger partial charge is 0.299 e. The fourth-order valence-corrected chi connectivity index (χ4v) is 4.22. The van der Waals surface area contributed by atoms with Gasteiger partial charge in [0.15, 0.2) is 5.78 Å². The van der Waals surface area contributed by atoms with Crippen LogP contribution < -0.4 is 4.31 Å². The number of benzene rings is 2. The molecule has 0 N–H and O–H groups in total. The van der Waals surface area contributed by atoms with Crippen LogP contribution in [0.3, 0.4) is 0 Å². The van der Waals surface area contributed by atoms with Crippen molar-refractivity contribution in [2.45, 2.75) is 25.0 Å². The van der Waals surface area contributed by atoms with E-state index < -0.39 is 10.0 Å². The fraction of sp³-hybridized carbons (Fsp3) is 0.300. The van der Waals surface area contributed by atoms with Gasteiger partial charge in [0.25, 0.3) is 0 Å². The Morgan fingerprint density at radius 3 is 2.33 bits per heavy atom. The number of hydrogen-bond acceptors (Lipinski definition) is 4. The maximum absolute atomic E-state index is 12.8. The molecule has 0 amide bonds. The summed E-state index contributed by atoms with van der Waals surface area (Å²) >= 11 is 5.84. The minimum Gasteiger partial charge on any atom is -0.299 e. The maximum Gasteiger partial charge on any atom is 0.239 e. The topological polar surface area (TPSA) is 71.5 Å². The molecule has 27 heavy (non-hydrogen) atoms. The van der Waals surface area contributed by atoms with Crippen LogP contribution in [0.15, 0.2) is 48.5 Å². The van der Waals surface area contributed by atoms with Crippen molar-refractivity contribution in [2.75, 3.05) is 11.4 Å². The van der Waals surface area contributed by atoms with E-state index in [1.807, 2.05) is 0 Å². The normalized spacial score (nSPS) is 14.0. The van der Waals surface area contributed by atoms with E-state index in [9.17, 15) is 18.0 Å². The summed E-state index contributed by atoms with van der Waals surface area (Å²) in [6.07, 6.45) is 1.49. The van der Waals surface area contributed by atoms with Crippen LogP contribution in [-0.2, 0) is 20.6 Å². The number of hydrogen-bond donors (Lipinski definition) is 0. The molecule has 0 saturated heterocycles. The maximum atomic E-state index is 12.8. The number of carbonyl (C=O) groups excluding carboxylic acids is 2. The average Bonchev–Trinajstić information content (AvgIpc) is 3.48. The van der Waals surface area contributed by atoms with Crippen molar-refractivity contribution in [3.05, 3.63) is 64.7 Å². The van der Waals surface area contributed by atoms with Gasteiger partial charge < -0.3 is 0 Å². The van der Waals surface area contributed by atoms with E-state index in [0.717, 1.165) is 17.1 Å². The van der Waals surface area contributed by atoms with Gasteiger partial charge in [-0.25, -0.2) is 8.42 Å². The number of para-hydroxylation sites is 1. The van der Waals surface area contributed by atoms with Crippen molar-refractivity contribution in [3.8, 4) is 0 Å². The first-order valence-corrected chi connectivity index (χ1v) is 10.6. The Bertz CT molecular complexity index is 966. The SMILES string of the molecule is CN(c1ccccc1C(=O)CC(=O)C1CC1)S(=O)(=O)Cc1ccc(Cl)cc1. The summed E-state index contributed by atoms with van der Waals surface area (Å²) in [5.74, 6) is -0.644. The van der Waals surface area contributed by atoms with Crippen molar-refractivity contribution < 1.29 is 18.0 Å². The Kier molecular flexibility index (Phi) is 5.67. The van der Waals surface area contributed by atoms with Gasteiger partial charge in [0.1, 0.15) is 5.78 Å². The van der Waals surface area contributed by atoms with E-state index in [2.05, 4.69) is 0 Å². The van der Waals surface area contributed by atoms with Gasteiger partial charge in [-0.15, -0.1) is 0 Å². The Morgan fingerprint density at radius 2 is 1.70 bits per heavy atom. The lowest BCUT2D eigenvalue weighted by Crippen LogP contribution is -2.29. The van der Waals surface area contributed by atoms with Crippen molar-refractivity contribution in [1.82, 2.24) is 0 Å². The smallest absolute Gasteiger partial charge is 0.239 e. The second kappa shape index (κ2) is 7.82. The van der Waals surface area contributed by atoms with Crippen LogP contribution in [0.5, 0.6) is 0 Å². The zero-order valence-electron chi connectivity index (χ0n) is 14.9. The van der Waals surface area contributed by atoms with Crippen LogP contribution in [0.25, 0.3) is 0 Å². The van der Waals surface area contributed by atoms with Crippen LogP contribution in [0.1, 0.15) is 35.2 Å². The number of ketones is 2. The van der Waals surface area contributed by atoms with Crippen LogP contribution in [0.4, 0.5) is 5.69 Å². The molecule has 1 saturated carbocycles. The quantitative estimate of drug-likeness (QED) is 0.494. The molecule has 0 radical (unpaired) electrons. The number of anilines is 1. The molecule has 0 bridgehead atoms. The molecule has 7 heteroatoms. The fourth-order valence-electron chi connectivity index (χ4n) is 2.83. The van der Waals surface area contributed by atoms with Crippen molar-refractivity contribution in [3.63, 3.8) is 0 Å². The van der Waals surface area contributed by atoms with Crippen LogP contribution in [-0.4, -0.2) is 27.0 Å². The van der Waals surface area contributed by atoms with E-state index in [-0.39, 0.29) is 40.9 Å². The summed E-state index contributed by atoms with van der Waals surface area (Å²) in [5, 5.41) is 0.528. The number of Topliss-reactive ketones (excluding diaryl/α,β-unsaturated/α-hetero) is 2. The van der Waals surface area contributed by atoms with Gasteiger partial charge in [0, 0.05) is 23.6 Å². The Morgan fingerprint density at radius 1 is 1.07 bits per heavy atom. The molecule has 3 rings (SSSR count). The summed E-state index contributed by atoms with van der Waals surface area (Å²) in [5.41, 5.74) is 1.12. The zero-order chi connectivity index (χ0) is 19.6. The second-order valence-corrected chi connectivity index (χ2v) is 9.14. The summed E-state index contributed by atoms with van der Waals surface area (Å²) in [6.45, 7) is 0. The highest BCUT2D eigenvalue weighted by Crippen LogP contribution is 2.32. The van der Waals surface area contributed by atoms with Crippen molar-refractivity contribution in [2.24, 2.45) is 5.92 Å². The molecule has 0 spiro atoms. The molecule has 1 aliphatic rings.